The van der Waals surface area contributed by atoms with Crippen molar-refractivity contribution < 1.29 is 14.3 Å². The summed E-state index contributed by atoms with van der Waals surface area (Å²) in [5.74, 6) is 0.421. The van der Waals surface area contributed by atoms with Gasteiger partial charge in [-0.15, -0.1) is 0 Å². The predicted octanol–water partition coefficient (Wildman–Crippen LogP) is 2.90. The van der Waals surface area contributed by atoms with E-state index < -0.39 is 5.60 Å². The first-order chi connectivity index (χ1) is 8.44. The van der Waals surface area contributed by atoms with Crippen molar-refractivity contribution in [2.75, 3.05) is 6.61 Å². The second-order valence-corrected chi connectivity index (χ2v) is 5.66. The quantitative estimate of drug-likeness (QED) is 0.772. The lowest BCUT2D eigenvalue weighted by molar-refractivity contribution is -0.157. The Kier molecular flexibility index (Phi) is 3.60. The smallest absolute Gasteiger partial charge is 0.344 e. The Morgan fingerprint density at radius 1 is 1.22 bits per heavy atom. The molecule has 98 valence electrons. The highest BCUT2D eigenvalue weighted by atomic mass is 16.6. The van der Waals surface area contributed by atoms with Crippen molar-refractivity contribution in [3.63, 3.8) is 0 Å². The average molecular weight is 248 g/mol. The molecular weight excluding hydrogens is 228 g/mol. The first-order valence-electron chi connectivity index (χ1n) is 6.40. The number of hydrogen-bond acceptors (Lipinski definition) is 3. The molecule has 0 amide bonds. The molecule has 0 fully saturated rings. The second-order valence-electron chi connectivity index (χ2n) is 5.66. The Labute approximate surface area is 108 Å². The lowest BCUT2D eigenvalue weighted by Crippen LogP contribution is -2.27. The van der Waals surface area contributed by atoms with Gasteiger partial charge in [-0.3, -0.25) is 0 Å². The zero-order valence-corrected chi connectivity index (χ0v) is 11.3. The number of benzene rings is 1. The van der Waals surface area contributed by atoms with Crippen LogP contribution in [0.2, 0.25) is 0 Å². The molecule has 0 unspecified atom stereocenters. The molecule has 0 aromatic heterocycles. The largest absolute Gasteiger partial charge is 0.482 e. The van der Waals surface area contributed by atoms with Crippen molar-refractivity contribution in [2.24, 2.45) is 0 Å². The van der Waals surface area contributed by atoms with E-state index in [1.54, 1.807) is 0 Å². The van der Waals surface area contributed by atoms with Crippen molar-refractivity contribution in [1.82, 2.24) is 0 Å². The lowest BCUT2D eigenvalue weighted by atomic mass is 10.1. The Morgan fingerprint density at radius 3 is 2.67 bits per heavy atom. The van der Waals surface area contributed by atoms with Gasteiger partial charge in [0.15, 0.2) is 6.61 Å². The van der Waals surface area contributed by atoms with Crippen LogP contribution in [0.3, 0.4) is 0 Å². The van der Waals surface area contributed by atoms with E-state index >= 15 is 0 Å². The third-order valence-corrected chi connectivity index (χ3v) is 2.85. The van der Waals surface area contributed by atoms with Crippen LogP contribution in [-0.2, 0) is 22.4 Å². The van der Waals surface area contributed by atoms with Crippen LogP contribution in [0.4, 0.5) is 0 Å². The minimum atomic E-state index is -0.460. The summed E-state index contributed by atoms with van der Waals surface area (Å²) in [7, 11) is 0. The molecule has 3 heteroatoms. The average Bonchev–Trinajstić information content (AvgIpc) is 2.71. The van der Waals surface area contributed by atoms with E-state index in [0.717, 1.165) is 18.6 Å². The number of carbonyl (C=O) groups is 1. The normalized spacial score (nSPS) is 14.2. The second kappa shape index (κ2) is 5.01. The summed E-state index contributed by atoms with van der Waals surface area (Å²) >= 11 is 0. The van der Waals surface area contributed by atoms with E-state index in [1.807, 2.05) is 32.9 Å². The topological polar surface area (TPSA) is 35.5 Å². The molecule has 0 saturated heterocycles. The summed E-state index contributed by atoms with van der Waals surface area (Å²) in [6.07, 6.45) is 3.48. The van der Waals surface area contributed by atoms with Gasteiger partial charge in [-0.1, -0.05) is 6.07 Å². The van der Waals surface area contributed by atoms with E-state index in [9.17, 15) is 4.79 Å². The van der Waals surface area contributed by atoms with Crippen LogP contribution in [0.25, 0.3) is 0 Å². The van der Waals surface area contributed by atoms with Crippen LogP contribution in [0, 0.1) is 0 Å². The van der Waals surface area contributed by atoms with Crippen LogP contribution in [0.5, 0.6) is 5.75 Å². The van der Waals surface area contributed by atoms with E-state index in [1.165, 1.54) is 17.5 Å². The van der Waals surface area contributed by atoms with Crippen LogP contribution in [-0.4, -0.2) is 18.2 Å². The highest BCUT2D eigenvalue weighted by Gasteiger charge is 2.17. The third kappa shape index (κ3) is 3.49. The van der Waals surface area contributed by atoms with Gasteiger partial charge in [0.25, 0.3) is 0 Å². The molecule has 0 spiro atoms. The standard InChI is InChI=1S/C15H20O3/c1-15(2,3)18-14(16)10-17-13-8-7-11-5-4-6-12(11)9-13/h7-9H,4-6,10H2,1-3H3. The van der Waals surface area contributed by atoms with Crippen molar-refractivity contribution in [3.05, 3.63) is 29.3 Å². The minimum Gasteiger partial charge on any atom is -0.482 e. The molecule has 1 aromatic rings. The first kappa shape index (κ1) is 12.9. The fraction of sp³-hybridized carbons (Fsp3) is 0.533. The van der Waals surface area contributed by atoms with Crippen LogP contribution in [0.15, 0.2) is 18.2 Å². The Hall–Kier alpha value is -1.51. The molecular formula is C15H20O3. The molecule has 0 saturated carbocycles. The van der Waals surface area contributed by atoms with Crippen molar-refractivity contribution in [1.29, 1.82) is 0 Å². The van der Waals surface area contributed by atoms with E-state index in [-0.39, 0.29) is 12.6 Å². The number of esters is 1. The van der Waals surface area contributed by atoms with Crippen LogP contribution in [0.1, 0.15) is 38.3 Å². The third-order valence-electron chi connectivity index (χ3n) is 2.85. The summed E-state index contributed by atoms with van der Waals surface area (Å²) in [4.78, 5) is 11.5. The molecule has 0 heterocycles. The highest BCUT2D eigenvalue weighted by molar-refractivity contribution is 5.71. The zero-order chi connectivity index (χ0) is 13.2. The van der Waals surface area contributed by atoms with Gasteiger partial charge in [0.05, 0.1) is 0 Å². The maximum absolute atomic E-state index is 11.5. The molecule has 2 rings (SSSR count). The fourth-order valence-electron chi connectivity index (χ4n) is 2.15. The molecule has 0 N–H and O–H groups in total. The van der Waals surface area contributed by atoms with Gasteiger partial charge in [-0.05, 0) is 63.3 Å². The van der Waals surface area contributed by atoms with E-state index in [0.29, 0.717) is 0 Å². The van der Waals surface area contributed by atoms with Gasteiger partial charge in [0, 0.05) is 0 Å². The molecule has 0 atom stereocenters. The van der Waals surface area contributed by atoms with Crippen LogP contribution >= 0.6 is 0 Å². The van der Waals surface area contributed by atoms with Gasteiger partial charge in [-0.2, -0.15) is 0 Å². The van der Waals surface area contributed by atoms with Gasteiger partial charge < -0.3 is 9.47 Å². The van der Waals surface area contributed by atoms with Gasteiger partial charge in [0.1, 0.15) is 11.4 Å². The van der Waals surface area contributed by atoms with Crippen molar-refractivity contribution in [2.45, 2.75) is 45.6 Å². The Balaban J connectivity index is 1.89. The predicted molar refractivity (Wildman–Crippen MR) is 69.8 cm³/mol. The SMILES string of the molecule is CC(C)(C)OC(=O)COc1ccc2c(c1)CCC2. The monoisotopic (exact) mass is 248 g/mol. The minimum absolute atomic E-state index is 0.0317. The molecule has 18 heavy (non-hydrogen) atoms. The highest BCUT2D eigenvalue weighted by Crippen LogP contribution is 2.26. The number of rotatable bonds is 3. The number of carbonyl (C=O) groups excluding carboxylic acids is 1. The number of aryl methyl sites for hydroxylation is 2. The number of fused-ring (bicyclic) bond motifs is 1. The maximum atomic E-state index is 11.5. The van der Waals surface area contributed by atoms with E-state index in [2.05, 4.69) is 6.07 Å². The molecule has 0 radical (unpaired) electrons. The van der Waals surface area contributed by atoms with Crippen LogP contribution < -0.4 is 4.74 Å². The van der Waals surface area contributed by atoms with Crippen molar-refractivity contribution in [3.8, 4) is 5.75 Å². The van der Waals surface area contributed by atoms with Gasteiger partial charge >= 0.3 is 5.97 Å². The summed E-state index contributed by atoms with van der Waals surface area (Å²) in [5, 5.41) is 0. The summed E-state index contributed by atoms with van der Waals surface area (Å²) < 4.78 is 10.7. The molecule has 1 aromatic carbocycles. The van der Waals surface area contributed by atoms with Crippen molar-refractivity contribution >= 4 is 5.97 Å². The summed E-state index contributed by atoms with van der Waals surface area (Å²) in [6, 6.07) is 6.05. The molecule has 3 nitrogen and oxygen atoms in total. The Morgan fingerprint density at radius 2 is 1.94 bits per heavy atom. The van der Waals surface area contributed by atoms with Gasteiger partial charge in [-0.25, -0.2) is 4.79 Å². The van der Waals surface area contributed by atoms with E-state index in [4.69, 9.17) is 9.47 Å². The molecule has 0 bridgehead atoms. The zero-order valence-electron chi connectivity index (χ0n) is 11.3. The molecule has 1 aliphatic rings. The molecule has 1 aliphatic carbocycles. The fourth-order valence-corrected chi connectivity index (χ4v) is 2.15. The Bertz CT molecular complexity index is 444. The first-order valence-corrected chi connectivity index (χ1v) is 6.40. The number of ether oxygens (including phenoxy) is 2. The number of hydrogen-bond donors (Lipinski definition) is 0. The molecule has 0 aliphatic heterocycles. The lowest BCUT2D eigenvalue weighted by Gasteiger charge is -2.19. The van der Waals surface area contributed by atoms with Gasteiger partial charge in [0.2, 0.25) is 0 Å². The summed E-state index contributed by atoms with van der Waals surface area (Å²) in [6.45, 7) is 5.51. The summed E-state index contributed by atoms with van der Waals surface area (Å²) in [5.41, 5.74) is 2.29. The maximum Gasteiger partial charge on any atom is 0.344 e.